The number of likely N-dealkylation sites (N-methyl/N-ethyl adjacent to an activating group) is 1. The van der Waals surface area contributed by atoms with Crippen LogP contribution in [-0.2, 0) is 10.0 Å². The van der Waals surface area contributed by atoms with Gasteiger partial charge < -0.3 is 9.47 Å². The maximum Gasteiger partial charge on any atom is 0.246 e. The van der Waals surface area contributed by atoms with Gasteiger partial charge in [-0.25, -0.2) is 17.2 Å². The van der Waals surface area contributed by atoms with Crippen molar-refractivity contribution in [2.24, 2.45) is 0 Å². The summed E-state index contributed by atoms with van der Waals surface area (Å²) in [6.45, 7) is 1.82. The normalized spacial score (nSPS) is 16.9. The summed E-state index contributed by atoms with van der Waals surface area (Å²) in [4.78, 5) is -0.688. The lowest BCUT2D eigenvalue weighted by molar-refractivity contribution is 0.0771. The second-order valence-electron chi connectivity index (χ2n) is 5.51. The highest BCUT2D eigenvalue weighted by Gasteiger charge is 2.32. The van der Waals surface area contributed by atoms with E-state index in [4.69, 9.17) is 9.47 Å². The third-order valence-electron chi connectivity index (χ3n) is 3.86. The molecule has 0 fully saturated rings. The lowest BCUT2D eigenvalue weighted by Crippen LogP contribution is -2.43. The van der Waals surface area contributed by atoms with Gasteiger partial charge in [-0.15, -0.1) is 0 Å². The largest absolute Gasteiger partial charge is 0.486 e. The first-order chi connectivity index (χ1) is 11.9. The highest BCUT2D eigenvalue weighted by atomic mass is 32.2. The smallest absolute Gasteiger partial charge is 0.246 e. The molecule has 1 aliphatic rings. The Labute approximate surface area is 144 Å². The van der Waals surface area contributed by atoms with Gasteiger partial charge in [0.1, 0.15) is 17.6 Å². The van der Waals surface area contributed by atoms with E-state index in [-0.39, 0.29) is 19.7 Å². The molecule has 0 aromatic heterocycles. The van der Waals surface area contributed by atoms with Crippen molar-refractivity contribution >= 4 is 10.0 Å². The number of rotatable bonds is 5. The molecule has 0 saturated carbocycles. The molecule has 5 nitrogen and oxygen atoms in total. The first-order valence-corrected chi connectivity index (χ1v) is 9.20. The number of fused-ring (bicyclic) bond motifs is 1. The average Bonchev–Trinajstić information content (AvgIpc) is 2.61. The Bertz CT molecular complexity index is 873. The van der Waals surface area contributed by atoms with E-state index in [9.17, 15) is 17.2 Å². The van der Waals surface area contributed by atoms with Gasteiger partial charge in [0.15, 0.2) is 23.1 Å². The van der Waals surface area contributed by atoms with Crippen molar-refractivity contribution in [1.82, 2.24) is 4.31 Å². The third kappa shape index (κ3) is 3.45. The summed E-state index contributed by atoms with van der Waals surface area (Å²) in [6, 6.07) is 10.1. The van der Waals surface area contributed by atoms with E-state index in [0.29, 0.717) is 11.5 Å². The van der Waals surface area contributed by atoms with Crippen LogP contribution in [-0.4, -0.2) is 38.5 Å². The SMILES string of the molecule is CCN(CC1COc2ccccc2O1)S(=O)(=O)c1cccc(F)c1F. The lowest BCUT2D eigenvalue weighted by Gasteiger charge is -2.30. The van der Waals surface area contributed by atoms with E-state index in [0.717, 1.165) is 22.5 Å². The van der Waals surface area contributed by atoms with Crippen LogP contribution in [0.5, 0.6) is 11.5 Å². The van der Waals surface area contributed by atoms with Gasteiger partial charge in [0.2, 0.25) is 10.0 Å². The molecule has 0 spiro atoms. The second kappa shape index (κ2) is 6.97. The maximum atomic E-state index is 13.9. The molecule has 0 amide bonds. The van der Waals surface area contributed by atoms with E-state index >= 15 is 0 Å². The van der Waals surface area contributed by atoms with Gasteiger partial charge in [0.25, 0.3) is 0 Å². The van der Waals surface area contributed by atoms with Crippen molar-refractivity contribution in [3.63, 3.8) is 0 Å². The zero-order valence-electron chi connectivity index (χ0n) is 13.5. The molecule has 1 heterocycles. The molecule has 1 unspecified atom stereocenters. The van der Waals surface area contributed by atoms with Gasteiger partial charge in [-0.2, -0.15) is 4.31 Å². The number of ether oxygens (including phenoxy) is 2. The molecular formula is C17H17F2NO4S. The molecule has 25 heavy (non-hydrogen) atoms. The molecule has 0 aliphatic carbocycles. The van der Waals surface area contributed by atoms with Crippen LogP contribution in [0.1, 0.15) is 6.92 Å². The Morgan fingerprint density at radius 2 is 1.84 bits per heavy atom. The number of sulfonamides is 1. The third-order valence-corrected chi connectivity index (χ3v) is 5.82. The molecule has 0 N–H and O–H groups in total. The number of halogens is 2. The fraction of sp³-hybridized carbons (Fsp3) is 0.294. The zero-order valence-corrected chi connectivity index (χ0v) is 14.3. The predicted octanol–water partition coefficient (Wildman–Crippen LogP) is 2.82. The summed E-state index contributed by atoms with van der Waals surface area (Å²) in [5, 5.41) is 0. The van der Waals surface area contributed by atoms with Crippen molar-refractivity contribution in [1.29, 1.82) is 0 Å². The first kappa shape index (κ1) is 17.6. The van der Waals surface area contributed by atoms with E-state index < -0.39 is 32.7 Å². The molecule has 3 rings (SSSR count). The molecule has 134 valence electrons. The Morgan fingerprint density at radius 1 is 1.12 bits per heavy atom. The standard InChI is InChI=1S/C17H17F2NO4S/c1-2-20(25(21,22)16-9-5-6-13(18)17(16)19)10-12-11-23-14-7-3-4-8-15(14)24-12/h3-9,12H,2,10-11H2,1H3. The van der Waals surface area contributed by atoms with Crippen molar-refractivity contribution in [3.8, 4) is 11.5 Å². The molecule has 8 heteroatoms. The number of nitrogens with zero attached hydrogens (tertiary/aromatic N) is 1. The van der Waals surface area contributed by atoms with Gasteiger partial charge in [-0.05, 0) is 24.3 Å². The molecular weight excluding hydrogens is 352 g/mol. The Kier molecular flexibility index (Phi) is 4.91. The molecule has 1 aliphatic heterocycles. The van der Waals surface area contributed by atoms with E-state index in [2.05, 4.69) is 0 Å². The fourth-order valence-corrected chi connectivity index (χ4v) is 4.15. The molecule has 2 aromatic rings. The highest BCUT2D eigenvalue weighted by Crippen LogP contribution is 2.31. The molecule has 0 saturated heterocycles. The summed E-state index contributed by atoms with van der Waals surface area (Å²) >= 11 is 0. The topological polar surface area (TPSA) is 55.8 Å². The number of hydrogen-bond acceptors (Lipinski definition) is 4. The number of benzene rings is 2. The predicted molar refractivity (Wildman–Crippen MR) is 87.1 cm³/mol. The minimum atomic E-state index is -4.20. The van der Waals surface area contributed by atoms with Gasteiger partial charge in [0, 0.05) is 6.54 Å². The van der Waals surface area contributed by atoms with Crippen LogP contribution in [0.3, 0.4) is 0 Å². The van der Waals surface area contributed by atoms with Crippen LogP contribution in [0, 0.1) is 11.6 Å². The zero-order chi connectivity index (χ0) is 18.0. The quantitative estimate of drug-likeness (QED) is 0.813. The first-order valence-electron chi connectivity index (χ1n) is 7.76. The van der Waals surface area contributed by atoms with E-state index in [1.807, 2.05) is 0 Å². The van der Waals surface area contributed by atoms with Crippen molar-refractivity contribution in [3.05, 3.63) is 54.1 Å². The van der Waals surface area contributed by atoms with Crippen molar-refractivity contribution in [2.75, 3.05) is 19.7 Å². The molecule has 1 atom stereocenters. The minimum Gasteiger partial charge on any atom is -0.486 e. The number of para-hydroxylation sites is 2. The summed E-state index contributed by atoms with van der Waals surface area (Å²) in [6.07, 6.45) is -0.554. The van der Waals surface area contributed by atoms with Crippen LogP contribution in [0.15, 0.2) is 47.4 Å². The monoisotopic (exact) mass is 369 g/mol. The van der Waals surface area contributed by atoms with Gasteiger partial charge in [0.05, 0.1) is 6.54 Å². The van der Waals surface area contributed by atoms with Crippen LogP contribution in [0.2, 0.25) is 0 Å². The van der Waals surface area contributed by atoms with Gasteiger partial charge in [-0.3, -0.25) is 0 Å². The maximum absolute atomic E-state index is 13.9. The summed E-state index contributed by atoms with van der Waals surface area (Å²) in [7, 11) is -4.20. The minimum absolute atomic E-state index is 0.0386. The molecule has 0 radical (unpaired) electrons. The van der Waals surface area contributed by atoms with E-state index in [1.54, 1.807) is 31.2 Å². The Balaban J connectivity index is 1.82. The fourth-order valence-electron chi connectivity index (χ4n) is 2.60. The lowest BCUT2D eigenvalue weighted by atomic mass is 10.2. The summed E-state index contributed by atoms with van der Waals surface area (Å²) in [5.41, 5.74) is 0. The summed E-state index contributed by atoms with van der Waals surface area (Å²) in [5.74, 6) is -1.49. The Hall–Kier alpha value is -2.19. The summed E-state index contributed by atoms with van der Waals surface area (Å²) < 4.78 is 65.0. The van der Waals surface area contributed by atoms with Crippen LogP contribution in [0.25, 0.3) is 0 Å². The molecule has 0 bridgehead atoms. The van der Waals surface area contributed by atoms with Crippen LogP contribution < -0.4 is 9.47 Å². The van der Waals surface area contributed by atoms with Gasteiger partial charge >= 0.3 is 0 Å². The Morgan fingerprint density at radius 3 is 2.56 bits per heavy atom. The van der Waals surface area contributed by atoms with Crippen molar-refractivity contribution < 1.29 is 26.7 Å². The average molecular weight is 369 g/mol. The van der Waals surface area contributed by atoms with Crippen LogP contribution >= 0.6 is 0 Å². The van der Waals surface area contributed by atoms with Gasteiger partial charge in [-0.1, -0.05) is 25.1 Å². The second-order valence-corrected chi connectivity index (χ2v) is 7.41. The highest BCUT2D eigenvalue weighted by molar-refractivity contribution is 7.89. The molecule has 2 aromatic carbocycles. The van der Waals surface area contributed by atoms with Crippen molar-refractivity contribution in [2.45, 2.75) is 17.9 Å². The van der Waals surface area contributed by atoms with E-state index in [1.165, 1.54) is 0 Å². The van der Waals surface area contributed by atoms with Crippen LogP contribution in [0.4, 0.5) is 8.78 Å². The number of hydrogen-bond donors (Lipinski definition) is 0.